The van der Waals surface area contributed by atoms with E-state index in [9.17, 15) is 22.8 Å². The van der Waals surface area contributed by atoms with Crippen LogP contribution in [0.15, 0.2) is 48.7 Å². The van der Waals surface area contributed by atoms with Gasteiger partial charge in [0.1, 0.15) is 5.82 Å². The second kappa shape index (κ2) is 10.0. The molecule has 1 aromatic heterocycles. The molecule has 0 spiro atoms. The Morgan fingerprint density at radius 1 is 1.16 bits per heavy atom. The maximum Gasteiger partial charge on any atom is 0.419 e. The van der Waals surface area contributed by atoms with Gasteiger partial charge in [-0.1, -0.05) is 30.3 Å². The lowest BCUT2D eigenvalue weighted by Gasteiger charge is -2.34. The van der Waals surface area contributed by atoms with Crippen molar-refractivity contribution in [3.63, 3.8) is 0 Å². The number of rotatable bonds is 6. The second-order valence-electron chi connectivity index (χ2n) is 7.88. The molecule has 3 atom stereocenters. The fraction of sp³-hybridized carbons (Fsp3) is 0.435. The van der Waals surface area contributed by atoms with E-state index in [0.29, 0.717) is 19.4 Å². The van der Waals surface area contributed by atoms with E-state index in [4.69, 9.17) is 4.74 Å². The number of halogens is 3. The number of alkyl halides is 3. The Labute approximate surface area is 184 Å². The number of hydrogen-bond acceptors (Lipinski definition) is 5. The molecule has 1 aromatic carbocycles. The lowest BCUT2D eigenvalue weighted by Crippen LogP contribution is -2.43. The van der Waals surface area contributed by atoms with Crippen LogP contribution in [0.3, 0.4) is 0 Å². The molecule has 2 aromatic rings. The van der Waals surface area contributed by atoms with Crippen molar-refractivity contribution in [1.29, 1.82) is 0 Å². The van der Waals surface area contributed by atoms with E-state index in [1.165, 1.54) is 24.1 Å². The van der Waals surface area contributed by atoms with E-state index in [2.05, 4.69) is 10.3 Å². The van der Waals surface area contributed by atoms with Gasteiger partial charge in [0.15, 0.2) is 6.10 Å². The molecule has 1 aliphatic heterocycles. The molecule has 0 aliphatic carbocycles. The molecular formula is C23H26F3N3O3. The van der Waals surface area contributed by atoms with Crippen molar-refractivity contribution in [1.82, 2.24) is 10.3 Å². The molecule has 1 fully saturated rings. The van der Waals surface area contributed by atoms with Crippen molar-refractivity contribution in [2.24, 2.45) is 5.92 Å². The molecule has 0 bridgehead atoms. The van der Waals surface area contributed by atoms with Gasteiger partial charge in [-0.3, -0.25) is 9.59 Å². The summed E-state index contributed by atoms with van der Waals surface area (Å²) in [7, 11) is 0. The van der Waals surface area contributed by atoms with E-state index in [0.717, 1.165) is 11.6 Å². The van der Waals surface area contributed by atoms with E-state index in [1.54, 1.807) is 0 Å². The van der Waals surface area contributed by atoms with Crippen LogP contribution in [0.25, 0.3) is 0 Å². The highest BCUT2D eigenvalue weighted by molar-refractivity contribution is 5.84. The first kappa shape index (κ1) is 23.6. The predicted octanol–water partition coefficient (Wildman–Crippen LogP) is 4.13. The first-order chi connectivity index (χ1) is 15.2. The number of esters is 1. The standard InChI is InChI=1S/C23H26F3N3O3/c1-15(17-8-4-3-5-9-17)28-21(30)16(2)32-22(31)18-10-7-13-29(14-18)20-19(23(24,25)26)11-6-12-27-20/h3-6,8-9,11-12,15-16,18H,7,10,13-14H2,1-2H3,(H,28,30). The largest absolute Gasteiger partial charge is 0.452 e. The van der Waals surface area contributed by atoms with Crippen LogP contribution in [-0.4, -0.2) is 36.1 Å². The number of ether oxygens (including phenoxy) is 1. The summed E-state index contributed by atoms with van der Waals surface area (Å²) in [5.41, 5.74) is 0.0785. The first-order valence-corrected chi connectivity index (χ1v) is 10.5. The molecular weight excluding hydrogens is 423 g/mol. The number of hydrogen-bond donors (Lipinski definition) is 1. The SMILES string of the molecule is CC(OC(=O)C1CCCN(c2ncccc2C(F)(F)F)C1)C(=O)NC(C)c1ccccc1. The minimum Gasteiger partial charge on any atom is -0.452 e. The summed E-state index contributed by atoms with van der Waals surface area (Å²) >= 11 is 0. The summed E-state index contributed by atoms with van der Waals surface area (Å²) in [5.74, 6) is -1.88. The second-order valence-corrected chi connectivity index (χ2v) is 7.88. The van der Waals surface area contributed by atoms with Gasteiger partial charge < -0.3 is 15.0 Å². The van der Waals surface area contributed by atoms with Gasteiger partial charge in [-0.15, -0.1) is 0 Å². The molecule has 3 rings (SSSR count). The van der Waals surface area contributed by atoms with Crippen LogP contribution in [-0.2, 0) is 20.5 Å². The normalized spacial score (nSPS) is 18.5. The van der Waals surface area contributed by atoms with Gasteiger partial charge in [-0.25, -0.2) is 4.98 Å². The molecule has 3 unspecified atom stereocenters. The van der Waals surface area contributed by atoms with Crippen molar-refractivity contribution < 1.29 is 27.5 Å². The summed E-state index contributed by atoms with van der Waals surface area (Å²) in [5, 5.41) is 2.80. The number of pyridine rings is 1. The molecule has 9 heteroatoms. The van der Waals surface area contributed by atoms with Crippen molar-refractivity contribution in [3.05, 3.63) is 59.8 Å². The zero-order chi connectivity index (χ0) is 23.3. The Balaban J connectivity index is 1.60. The predicted molar refractivity (Wildman–Crippen MR) is 113 cm³/mol. The van der Waals surface area contributed by atoms with Crippen molar-refractivity contribution in [3.8, 4) is 0 Å². The monoisotopic (exact) mass is 449 g/mol. The number of carbonyl (C=O) groups is 2. The molecule has 1 aliphatic rings. The van der Waals surface area contributed by atoms with Crippen LogP contribution in [0.1, 0.15) is 43.9 Å². The molecule has 6 nitrogen and oxygen atoms in total. The number of nitrogens with one attached hydrogen (secondary N) is 1. The quantitative estimate of drug-likeness (QED) is 0.672. The smallest absolute Gasteiger partial charge is 0.419 e. The summed E-state index contributed by atoms with van der Waals surface area (Å²) in [6.45, 7) is 3.71. The summed E-state index contributed by atoms with van der Waals surface area (Å²) in [6, 6.07) is 11.3. The molecule has 1 saturated heterocycles. The average molecular weight is 449 g/mol. The molecule has 0 radical (unpaired) electrons. The Morgan fingerprint density at radius 3 is 2.56 bits per heavy atom. The summed E-state index contributed by atoms with van der Waals surface area (Å²) in [6.07, 6.45) is -3.28. The fourth-order valence-electron chi connectivity index (χ4n) is 3.71. The van der Waals surface area contributed by atoms with Gasteiger partial charge in [0.05, 0.1) is 17.5 Å². The zero-order valence-electron chi connectivity index (χ0n) is 17.9. The Kier molecular flexibility index (Phi) is 7.37. The van der Waals surface area contributed by atoms with Crippen LogP contribution in [0, 0.1) is 5.92 Å². The minimum atomic E-state index is -4.54. The third-order valence-corrected chi connectivity index (χ3v) is 5.47. The molecule has 0 saturated carbocycles. The number of carbonyl (C=O) groups excluding carboxylic acids is 2. The number of aromatic nitrogens is 1. The molecule has 1 N–H and O–H groups in total. The van der Waals surface area contributed by atoms with Gasteiger partial charge in [0, 0.05) is 19.3 Å². The highest BCUT2D eigenvalue weighted by atomic mass is 19.4. The number of nitrogens with zero attached hydrogens (tertiary/aromatic N) is 2. The lowest BCUT2D eigenvalue weighted by atomic mass is 9.97. The molecule has 2 heterocycles. The van der Waals surface area contributed by atoms with Crippen molar-refractivity contribution >= 4 is 17.7 Å². The van der Waals surface area contributed by atoms with Crippen LogP contribution in [0.4, 0.5) is 19.0 Å². The average Bonchev–Trinajstić information content (AvgIpc) is 2.79. The highest BCUT2D eigenvalue weighted by Gasteiger charge is 2.38. The van der Waals surface area contributed by atoms with Crippen molar-refractivity contribution in [2.45, 2.75) is 45.0 Å². The highest BCUT2D eigenvalue weighted by Crippen LogP contribution is 2.36. The van der Waals surface area contributed by atoms with Gasteiger partial charge in [0.2, 0.25) is 0 Å². The maximum absolute atomic E-state index is 13.3. The third-order valence-electron chi connectivity index (χ3n) is 5.47. The maximum atomic E-state index is 13.3. The van der Waals surface area contributed by atoms with E-state index < -0.39 is 35.6 Å². The van der Waals surface area contributed by atoms with Gasteiger partial charge in [0.25, 0.3) is 5.91 Å². The Morgan fingerprint density at radius 2 is 1.88 bits per heavy atom. The molecule has 32 heavy (non-hydrogen) atoms. The number of anilines is 1. The van der Waals surface area contributed by atoms with Gasteiger partial charge in [-0.2, -0.15) is 13.2 Å². The van der Waals surface area contributed by atoms with Crippen LogP contribution in [0.5, 0.6) is 0 Å². The van der Waals surface area contributed by atoms with Crippen molar-refractivity contribution in [2.75, 3.05) is 18.0 Å². The number of amides is 1. The third kappa shape index (κ3) is 5.77. The fourth-order valence-corrected chi connectivity index (χ4v) is 3.71. The molecule has 172 valence electrons. The summed E-state index contributed by atoms with van der Waals surface area (Å²) in [4.78, 5) is 30.5. The zero-order valence-corrected chi connectivity index (χ0v) is 17.9. The van der Waals surface area contributed by atoms with E-state index in [1.807, 2.05) is 37.3 Å². The summed E-state index contributed by atoms with van der Waals surface area (Å²) < 4.78 is 45.4. The molecule has 1 amide bonds. The Bertz CT molecular complexity index is 937. The van der Waals surface area contributed by atoms with Crippen LogP contribution >= 0.6 is 0 Å². The first-order valence-electron chi connectivity index (χ1n) is 10.5. The van der Waals surface area contributed by atoms with Gasteiger partial charge >= 0.3 is 12.1 Å². The van der Waals surface area contributed by atoms with Gasteiger partial charge in [-0.05, 0) is 44.4 Å². The van der Waals surface area contributed by atoms with E-state index in [-0.39, 0.29) is 18.4 Å². The number of piperidine rings is 1. The minimum absolute atomic E-state index is 0.0493. The van der Waals surface area contributed by atoms with E-state index >= 15 is 0 Å². The Hall–Kier alpha value is -3.10. The lowest BCUT2D eigenvalue weighted by molar-refractivity contribution is -0.159. The van der Waals surface area contributed by atoms with Crippen LogP contribution in [0.2, 0.25) is 0 Å². The number of benzene rings is 1. The topological polar surface area (TPSA) is 71.5 Å². The van der Waals surface area contributed by atoms with Crippen LogP contribution < -0.4 is 10.2 Å².